The van der Waals surface area contributed by atoms with E-state index in [1.165, 1.54) is 0 Å². The van der Waals surface area contributed by atoms with Gasteiger partial charge >= 0.3 is 0 Å². The van der Waals surface area contributed by atoms with Crippen LogP contribution >= 0.6 is 15.9 Å². The third kappa shape index (κ3) is 4.50. The number of Topliss-reactive ketones (excluding diaryl/α,β-unsaturated/α-hetero) is 1. The number of methoxy groups -OCH3 is 1. The fourth-order valence-electron chi connectivity index (χ4n) is 1.70. The monoisotopic (exact) mass is 298 g/mol. The number of ketones is 1. The van der Waals surface area contributed by atoms with Gasteiger partial charge < -0.3 is 4.74 Å². The van der Waals surface area contributed by atoms with Crippen molar-refractivity contribution in [3.05, 3.63) is 28.2 Å². The lowest BCUT2D eigenvalue weighted by atomic mass is 10.0. The molecule has 0 aliphatic rings. The molecule has 94 valence electrons. The van der Waals surface area contributed by atoms with Gasteiger partial charge in [0, 0.05) is 10.9 Å². The first-order valence-electron chi connectivity index (χ1n) is 5.91. The minimum Gasteiger partial charge on any atom is -0.496 e. The lowest BCUT2D eigenvalue weighted by molar-refractivity contribution is 0.0975. The molecule has 1 rings (SSSR count). The Hall–Kier alpha value is -0.830. The van der Waals surface area contributed by atoms with Crippen molar-refractivity contribution in [1.82, 2.24) is 0 Å². The van der Waals surface area contributed by atoms with Gasteiger partial charge in [-0.2, -0.15) is 0 Å². The normalized spacial score (nSPS) is 10.6. The Morgan fingerprint density at radius 2 is 2.12 bits per heavy atom. The number of hydrogen-bond donors (Lipinski definition) is 0. The van der Waals surface area contributed by atoms with Gasteiger partial charge in [0.15, 0.2) is 5.78 Å². The third-order valence-corrected chi connectivity index (χ3v) is 3.14. The quantitative estimate of drug-likeness (QED) is 0.725. The van der Waals surface area contributed by atoms with Gasteiger partial charge in [0.25, 0.3) is 0 Å². The second-order valence-corrected chi connectivity index (χ2v) is 5.47. The maximum Gasteiger partial charge on any atom is 0.166 e. The SMILES string of the molecule is COc1cc(Br)ccc1C(=O)CCCC(C)C. The van der Waals surface area contributed by atoms with Crippen molar-refractivity contribution in [2.75, 3.05) is 7.11 Å². The lowest BCUT2D eigenvalue weighted by Gasteiger charge is -2.08. The highest BCUT2D eigenvalue weighted by molar-refractivity contribution is 9.10. The molecule has 1 aromatic carbocycles. The predicted octanol–water partition coefficient (Wildman–Crippen LogP) is 4.47. The summed E-state index contributed by atoms with van der Waals surface area (Å²) in [7, 11) is 1.59. The molecule has 0 aliphatic heterocycles. The van der Waals surface area contributed by atoms with E-state index in [0.29, 0.717) is 23.7 Å². The summed E-state index contributed by atoms with van der Waals surface area (Å²) in [5.41, 5.74) is 0.680. The van der Waals surface area contributed by atoms with Crippen molar-refractivity contribution >= 4 is 21.7 Å². The molecule has 0 aromatic heterocycles. The number of benzene rings is 1. The van der Waals surface area contributed by atoms with Crippen molar-refractivity contribution < 1.29 is 9.53 Å². The second kappa shape index (κ2) is 6.80. The standard InChI is InChI=1S/C14H19BrO2/c1-10(2)5-4-6-13(16)12-8-7-11(15)9-14(12)17-3/h7-10H,4-6H2,1-3H3. The van der Waals surface area contributed by atoms with Gasteiger partial charge in [0.1, 0.15) is 5.75 Å². The van der Waals surface area contributed by atoms with Gasteiger partial charge in [-0.15, -0.1) is 0 Å². The third-order valence-electron chi connectivity index (χ3n) is 2.65. The molecule has 0 atom stereocenters. The van der Waals surface area contributed by atoms with Crippen LogP contribution in [0.3, 0.4) is 0 Å². The number of ether oxygens (including phenoxy) is 1. The van der Waals surface area contributed by atoms with E-state index in [0.717, 1.165) is 17.3 Å². The number of rotatable bonds is 6. The van der Waals surface area contributed by atoms with Crippen molar-refractivity contribution in [3.8, 4) is 5.75 Å². The Kier molecular flexibility index (Phi) is 5.69. The Morgan fingerprint density at radius 3 is 2.71 bits per heavy atom. The number of carbonyl (C=O) groups excluding carboxylic acids is 1. The molecule has 0 saturated carbocycles. The Morgan fingerprint density at radius 1 is 1.41 bits per heavy atom. The first kappa shape index (κ1) is 14.2. The fourth-order valence-corrected chi connectivity index (χ4v) is 2.04. The van der Waals surface area contributed by atoms with E-state index >= 15 is 0 Å². The summed E-state index contributed by atoms with van der Waals surface area (Å²) in [5.74, 6) is 1.46. The maximum atomic E-state index is 12.0. The van der Waals surface area contributed by atoms with Crippen LogP contribution < -0.4 is 4.74 Å². The zero-order valence-corrected chi connectivity index (χ0v) is 12.2. The van der Waals surface area contributed by atoms with Crippen molar-refractivity contribution in [2.24, 2.45) is 5.92 Å². The van der Waals surface area contributed by atoms with Crippen LogP contribution in [0.25, 0.3) is 0 Å². The molecular weight excluding hydrogens is 280 g/mol. The lowest BCUT2D eigenvalue weighted by Crippen LogP contribution is -2.03. The molecule has 0 heterocycles. The largest absolute Gasteiger partial charge is 0.496 e. The van der Waals surface area contributed by atoms with E-state index in [-0.39, 0.29) is 5.78 Å². The van der Waals surface area contributed by atoms with Crippen molar-refractivity contribution in [2.45, 2.75) is 33.1 Å². The Balaban J connectivity index is 2.68. The van der Waals surface area contributed by atoms with Gasteiger partial charge in [-0.25, -0.2) is 0 Å². The zero-order chi connectivity index (χ0) is 12.8. The van der Waals surface area contributed by atoms with Crippen LogP contribution in [0.5, 0.6) is 5.75 Å². The van der Waals surface area contributed by atoms with Gasteiger partial charge in [-0.3, -0.25) is 4.79 Å². The van der Waals surface area contributed by atoms with Crippen LogP contribution in [0, 0.1) is 5.92 Å². The fraction of sp³-hybridized carbons (Fsp3) is 0.500. The number of carbonyl (C=O) groups is 1. The highest BCUT2D eigenvalue weighted by Gasteiger charge is 2.12. The minimum atomic E-state index is 0.162. The van der Waals surface area contributed by atoms with Crippen LogP contribution in [0.15, 0.2) is 22.7 Å². The molecule has 0 bridgehead atoms. The molecule has 0 amide bonds. The van der Waals surface area contributed by atoms with Gasteiger partial charge in [0.2, 0.25) is 0 Å². The molecule has 0 saturated heterocycles. The summed E-state index contributed by atoms with van der Waals surface area (Å²) in [6, 6.07) is 5.52. The summed E-state index contributed by atoms with van der Waals surface area (Å²) in [6.45, 7) is 4.34. The van der Waals surface area contributed by atoms with E-state index < -0.39 is 0 Å². The maximum absolute atomic E-state index is 12.0. The predicted molar refractivity (Wildman–Crippen MR) is 73.7 cm³/mol. The van der Waals surface area contributed by atoms with Crippen molar-refractivity contribution in [1.29, 1.82) is 0 Å². The van der Waals surface area contributed by atoms with E-state index in [1.54, 1.807) is 7.11 Å². The van der Waals surface area contributed by atoms with E-state index in [4.69, 9.17) is 4.74 Å². The topological polar surface area (TPSA) is 26.3 Å². The molecule has 2 nitrogen and oxygen atoms in total. The first-order chi connectivity index (χ1) is 8.04. The number of hydrogen-bond acceptors (Lipinski definition) is 2. The first-order valence-corrected chi connectivity index (χ1v) is 6.70. The average Bonchev–Trinajstić information content (AvgIpc) is 2.28. The molecular formula is C14H19BrO2. The molecule has 3 heteroatoms. The van der Waals surface area contributed by atoms with Crippen LogP contribution in [0.2, 0.25) is 0 Å². The van der Waals surface area contributed by atoms with E-state index in [1.807, 2.05) is 18.2 Å². The van der Waals surface area contributed by atoms with Gasteiger partial charge in [-0.1, -0.05) is 36.2 Å². The molecule has 0 fully saturated rings. The number of halogens is 1. The molecule has 0 aliphatic carbocycles. The molecule has 0 radical (unpaired) electrons. The minimum absolute atomic E-state index is 0.162. The van der Waals surface area contributed by atoms with Crippen LogP contribution in [-0.4, -0.2) is 12.9 Å². The van der Waals surface area contributed by atoms with Crippen LogP contribution in [-0.2, 0) is 0 Å². The average molecular weight is 299 g/mol. The van der Waals surface area contributed by atoms with E-state index in [9.17, 15) is 4.79 Å². The second-order valence-electron chi connectivity index (χ2n) is 4.55. The van der Waals surface area contributed by atoms with Gasteiger partial charge in [-0.05, 0) is 30.5 Å². The van der Waals surface area contributed by atoms with Crippen LogP contribution in [0.1, 0.15) is 43.5 Å². The summed E-state index contributed by atoms with van der Waals surface area (Å²) in [4.78, 5) is 12.0. The Labute approximate surface area is 111 Å². The summed E-state index contributed by atoms with van der Waals surface area (Å²) in [5, 5.41) is 0. The summed E-state index contributed by atoms with van der Waals surface area (Å²) in [6.07, 6.45) is 2.62. The summed E-state index contributed by atoms with van der Waals surface area (Å²) >= 11 is 3.37. The summed E-state index contributed by atoms with van der Waals surface area (Å²) < 4.78 is 6.15. The van der Waals surface area contributed by atoms with Crippen molar-refractivity contribution in [3.63, 3.8) is 0 Å². The highest BCUT2D eigenvalue weighted by atomic mass is 79.9. The molecule has 17 heavy (non-hydrogen) atoms. The van der Waals surface area contributed by atoms with E-state index in [2.05, 4.69) is 29.8 Å². The molecule has 0 spiro atoms. The Bertz CT molecular complexity index is 386. The highest BCUT2D eigenvalue weighted by Crippen LogP contribution is 2.25. The smallest absolute Gasteiger partial charge is 0.166 e. The molecule has 1 aromatic rings. The van der Waals surface area contributed by atoms with Crippen LogP contribution in [0.4, 0.5) is 0 Å². The zero-order valence-electron chi connectivity index (χ0n) is 10.6. The van der Waals surface area contributed by atoms with Gasteiger partial charge in [0.05, 0.1) is 12.7 Å². The molecule has 0 unspecified atom stereocenters. The molecule has 0 N–H and O–H groups in total.